The van der Waals surface area contributed by atoms with Crippen LogP contribution in [0.3, 0.4) is 0 Å². The summed E-state index contributed by atoms with van der Waals surface area (Å²) in [6.45, 7) is 9.25. The minimum Gasteiger partial charge on any atom is -0.380 e. The lowest BCUT2D eigenvalue weighted by molar-refractivity contribution is 0.0640. The Balaban J connectivity index is 2.72. The Labute approximate surface area is 136 Å². The number of halogens is 1. The first-order chi connectivity index (χ1) is 10.2. The molecule has 2 N–H and O–H groups in total. The molecule has 1 aromatic rings. The molecule has 21 heavy (non-hydrogen) atoms. The molecule has 0 spiro atoms. The second-order valence-corrected chi connectivity index (χ2v) is 5.65. The Bertz CT molecular complexity index is 363. The number of benzene rings is 1. The summed E-state index contributed by atoms with van der Waals surface area (Å²) in [4.78, 5) is 2.34. The topological polar surface area (TPSA) is 47.7 Å². The van der Waals surface area contributed by atoms with Gasteiger partial charge in [0, 0.05) is 43.4 Å². The van der Waals surface area contributed by atoms with E-state index in [1.165, 1.54) is 5.56 Å². The molecule has 0 heterocycles. The van der Waals surface area contributed by atoms with Gasteiger partial charge in [0.05, 0.1) is 13.2 Å². The van der Waals surface area contributed by atoms with Gasteiger partial charge >= 0.3 is 0 Å². The van der Waals surface area contributed by atoms with E-state index in [0.29, 0.717) is 6.54 Å². The van der Waals surface area contributed by atoms with Crippen molar-refractivity contribution in [3.8, 4) is 0 Å². The molecule has 120 valence electrons. The highest BCUT2D eigenvalue weighted by Gasteiger charge is 2.18. The normalized spacial score (nSPS) is 12.8. The van der Waals surface area contributed by atoms with Crippen molar-refractivity contribution in [2.75, 3.05) is 46.1 Å². The summed E-state index contributed by atoms with van der Waals surface area (Å²) in [6.07, 6.45) is 0. The van der Waals surface area contributed by atoms with E-state index in [4.69, 9.17) is 15.2 Å². The average molecular weight is 359 g/mol. The zero-order valence-electron chi connectivity index (χ0n) is 13.1. The Hall–Kier alpha value is -0.460. The molecule has 4 nitrogen and oxygen atoms in total. The lowest BCUT2D eigenvalue weighted by Crippen LogP contribution is -2.38. The van der Waals surface area contributed by atoms with Crippen LogP contribution in [0.5, 0.6) is 0 Å². The van der Waals surface area contributed by atoms with Gasteiger partial charge in [0.1, 0.15) is 0 Å². The summed E-state index contributed by atoms with van der Waals surface area (Å²) in [5, 5.41) is 0. The molecule has 0 fully saturated rings. The Kier molecular flexibility index (Phi) is 9.87. The lowest BCUT2D eigenvalue weighted by Gasteiger charge is -2.31. The van der Waals surface area contributed by atoms with Crippen LogP contribution in [-0.4, -0.2) is 51.0 Å². The van der Waals surface area contributed by atoms with Crippen molar-refractivity contribution in [1.29, 1.82) is 0 Å². The molecule has 0 bridgehead atoms. The van der Waals surface area contributed by atoms with Gasteiger partial charge < -0.3 is 15.2 Å². The molecule has 0 amide bonds. The van der Waals surface area contributed by atoms with Crippen molar-refractivity contribution in [1.82, 2.24) is 4.90 Å². The molecule has 0 aliphatic carbocycles. The van der Waals surface area contributed by atoms with Gasteiger partial charge in [-0.05, 0) is 31.5 Å². The zero-order valence-corrected chi connectivity index (χ0v) is 14.6. The highest BCUT2D eigenvalue weighted by atomic mass is 79.9. The maximum absolute atomic E-state index is 6.02. The van der Waals surface area contributed by atoms with E-state index < -0.39 is 0 Å². The first-order valence-electron chi connectivity index (χ1n) is 7.58. The van der Waals surface area contributed by atoms with Gasteiger partial charge in [-0.25, -0.2) is 0 Å². The fraction of sp³-hybridized carbons (Fsp3) is 0.625. The van der Waals surface area contributed by atoms with E-state index in [-0.39, 0.29) is 6.04 Å². The Morgan fingerprint density at radius 1 is 1.05 bits per heavy atom. The van der Waals surface area contributed by atoms with E-state index in [0.717, 1.165) is 44.0 Å². The maximum Gasteiger partial charge on any atom is 0.0593 e. The summed E-state index contributed by atoms with van der Waals surface area (Å²) in [7, 11) is 0. The second-order valence-electron chi connectivity index (χ2n) is 4.73. The molecule has 1 atom stereocenters. The monoisotopic (exact) mass is 358 g/mol. The molecule has 0 radical (unpaired) electrons. The molecule has 0 saturated carbocycles. The van der Waals surface area contributed by atoms with Gasteiger partial charge in [0.2, 0.25) is 0 Å². The van der Waals surface area contributed by atoms with E-state index >= 15 is 0 Å². The lowest BCUT2D eigenvalue weighted by atomic mass is 10.1. The molecule has 5 heteroatoms. The van der Waals surface area contributed by atoms with Crippen LogP contribution in [0.2, 0.25) is 0 Å². The van der Waals surface area contributed by atoms with Gasteiger partial charge in [-0.1, -0.05) is 28.1 Å². The van der Waals surface area contributed by atoms with E-state index in [9.17, 15) is 0 Å². The number of rotatable bonds is 11. The molecule has 0 saturated heterocycles. The van der Waals surface area contributed by atoms with Crippen molar-refractivity contribution in [3.63, 3.8) is 0 Å². The first-order valence-corrected chi connectivity index (χ1v) is 8.37. The summed E-state index contributed by atoms with van der Waals surface area (Å²) < 4.78 is 12.1. The third kappa shape index (κ3) is 6.89. The summed E-state index contributed by atoms with van der Waals surface area (Å²) in [6, 6.07) is 8.55. The van der Waals surface area contributed by atoms with Gasteiger partial charge in [-0.3, -0.25) is 4.90 Å². The van der Waals surface area contributed by atoms with Crippen molar-refractivity contribution in [2.24, 2.45) is 5.73 Å². The van der Waals surface area contributed by atoms with E-state index in [1.807, 2.05) is 13.8 Å². The predicted molar refractivity (Wildman–Crippen MR) is 90.5 cm³/mol. The molecule has 0 aliphatic rings. The van der Waals surface area contributed by atoms with Crippen LogP contribution in [0.25, 0.3) is 0 Å². The molecule has 0 aromatic heterocycles. The largest absolute Gasteiger partial charge is 0.380 e. The summed E-state index contributed by atoms with van der Waals surface area (Å²) in [5.41, 5.74) is 7.25. The highest BCUT2D eigenvalue weighted by molar-refractivity contribution is 9.10. The molecule has 1 aromatic carbocycles. The average Bonchev–Trinajstić information content (AvgIpc) is 2.50. The minimum absolute atomic E-state index is 0.194. The number of nitrogens with zero attached hydrogens (tertiary/aromatic N) is 1. The standard InChI is InChI=1S/C16H27BrN2O2/c1-3-20-11-9-19(10-12-21-4-2)16(13-18)14-5-7-15(17)8-6-14/h5-8,16H,3-4,9-13,18H2,1-2H3. The quantitative estimate of drug-likeness (QED) is 0.618. The first kappa shape index (κ1) is 18.6. The van der Waals surface area contributed by atoms with Crippen molar-refractivity contribution < 1.29 is 9.47 Å². The Morgan fingerprint density at radius 2 is 1.57 bits per heavy atom. The van der Waals surface area contributed by atoms with Crippen LogP contribution < -0.4 is 5.73 Å². The van der Waals surface area contributed by atoms with Crippen LogP contribution in [0.4, 0.5) is 0 Å². The predicted octanol–water partition coefficient (Wildman–Crippen LogP) is 2.82. The van der Waals surface area contributed by atoms with E-state index in [2.05, 4.69) is 45.1 Å². The number of hydrogen-bond acceptors (Lipinski definition) is 4. The third-order valence-electron chi connectivity index (χ3n) is 3.37. The zero-order chi connectivity index (χ0) is 15.5. The van der Waals surface area contributed by atoms with Gasteiger partial charge in [0.15, 0.2) is 0 Å². The maximum atomic E-state index is 6.02. The van der Waals surface area contributed by atoms with Gasteiger partial charge in [0.25, 0.3) is 0 Å². The number of hydrogen-bond donors (Lipinski definition) is 1. The van der Waals surface area contributed by atoms with Crippen LogP contribution >= 0.6 is 15.9 Å². The van der Waals surface area contributed by atoms with Crippen molar-refractivity contribution in [2.45, 2.75) is 19.9 Å². The van der Waals surface area contributed by atoms with Gasteiger partial charge in [-0.15, -0.1) is 0 Å². The van der Waals surface area contributed by atoms with E-state index in [1.54, 1.807) is 0 Å². The number of nitrogens with two attached hydrogens (primary N) is 1. The van der Waals surface area contributed by atoms with Crippen LogP contribution in [0.1, 0.15) is 25.5 Å². The highest BCUT2D eigenvalue weighted by Crippen LogP contribution is 2.21. The molecule has 0 aliphatic heterocycles. The van der Waals surface area contributed by atoms with Crippen LogP contribution in [-0.2, 0) is 9.47 Å². The van der Waals surface area contributed by atoms with Crippen LogP contribution in [0, 0.1) is 0 Å². The van der Waals surface area contributed by atoms with Crippen molar-refractivity contribution >= 4 is 15.9 Å². The number of ether oxygens (including phenoxy) is 2. The fourth-order valence-corrected chi connectivity index (χ4v) is 2.52. The SMILES string of the molecule is CCOCCN(CCOCC)C(CN)c1ccc(Br)cc1. The molecular formula is C16H27BrN2O2. The summed E-state index contributed by atoms with van der Waals surface area (Å²) in [5.74, 6) is 0. The Morgan fingerprint density at radius 3 is 2.00 bits per heavy atom. The van der Waals surface area contributed by atoms with Crippen LogP contribution in [0.15, 0.2) is 28.7 Å². The third-order valence-corrected chi connectivity index (χ3v) is 3.90. The fourth-order valence-electron chi connectivity index (χ4n) is 2.26. The molecule has 1 unspecified atom stereocenters. The van der Waals surface area contributed by atoms with Gasteiger partial charge in [-0.2, -0.15) is 0 Å². The summed E-state index contributed by atoms with van der Waals surface area (Å²) >= 11 is 3.47. The molecular weight excluding hydrogens is 332 g/mol. The minimum atomic E-state index is 0.194. The van der Waals surface area contributed by atoms with Crippen molar-refractivity contribution in [3.05, 3.63) is 34.3 Å². The second kappa shape index (κ2) is 11.2. The smallest absolute Gasteiger partial charge is 0.0593 e. The molecule has 1 rings (SSSR count).